The number of nitrogens with zero attached hydrogens (tertiary/aromatic N) is 1. The number of anilines is 2. The summed E-state index contributed by atoms with van der Waals surface area (Å²) < 4.78 is 34.3. The number of nitrogens with one attached hydrogen (secondary N) is 2. The lowest BCUT2D eigenvalue weighted by Gasteiger charge is -2.13. The third kappa shape index (κ3) is 4.63. The van der Waals surface area contributed by atoms with Gasteiger partial charge in [-0.1, -0.05) is 11.6 Å². The van der Waals surface area contributed by atoms with Crippen molar-refractivity contribution in [3.05, 3.63) is 76.8 Å². The van der Waals surface area contributed by atoms with Gasteiger partial charge in [-0.25, -0.2) is 13.4 Å². The zero-order valence-corrected chi connectivity index (χ0v) is 18.5. The average molecular weight is 474 g/mol. The molecule has 0 aliphatic rings. The minimum atomic E-state index is -3.90. The van der Waals surface area contributed by atoms with Crippen LogP contribution in [-0.4, -0.2) is 26.4 Å². The van der Waals surface area contributed by atoms with E-state index in [9.17, 15) is 13.2 Å². The number of methoxy groups -OCH3 is 1. The van der Waals surface area contributed by atoms with Gasteiger partial charge in [0.05, 0.1) is 33.4 Å². The predicted molar refractivity (Wildman–Crippen MR) is 123 cm³/mol. The number of amides is 1. The van der Waals surface area contributed by atoms with Crippen LogP contribution in [0.1, 0.15) is 10.4 Å². The first-order chi connectivity index (χ1) is 14.9. The van der Waals surface area contributed by atoms with Crippen LogP contribution in [0.3, 0.4) is 0 Å². The highest BCUT2D eigenvalue weighted by Crippen LogP contribution is 2.29. The Morgan fingerprint density at radius 2 is 1.84 bits per heavy atom. The maximum atomic E-state index is 12.8. The standard InChI is InChI=1S/C21H16ClN3O4S2/c1-29-19-9-7-16(31(27,28)25-15-5-3-14(22)4-6-15)11-18(19)24-21(26)13-2-8-17-20(10-13)30-12-23-17/h2-12,25H,1H3,(H,24,26). The highest BCUT2D eigenvalue weighted by Gasteiger charge is 2.18. The Kier molecular flexibility index (Phi) is 5.81. The van der Waals surface area contributed by atoms with E-state index in [4.69, 9.17) is 16.3 Å². The molecule has 0 bridgehead atoms. The van der Waals surface area contributed by atoms with Crippen LogP contribution in [-0.2, 0) is 10.0 Å². The molecule has 7 nitrogen and oxygen atoms in total. The zero-order chi connectivity index (χ0) is 22.0. The van der Waals surface area contributed by atoms with Gasteiger partial charge in [0, 0.05) is 16.3 Å². The fourth-order valence-electron chi connectivity index (χ4n) is 2.87. The molecule has 0 saturated heterocycles. The summed E-state index contributed by atoms with van der Waals surface area (Å²) in [6.45, 7) is 0. The van der Waals surface area contributed by atoms with Crippen molar-refractivity contribution < 1.29 is 17.9 Å². The van der Waals surface area contributed by atoms with Crippen LogP contribution in [0.2, 0.25) is 5.02 Å². The molecular formula is C21H16ClN3O4S2. The van der Waals surface area contributed by atoms with Crippen molar-refractivity contribution in [2.45, 2.75) is 4.90 Å². The second kappa shape index (κ2) is 8.54. The van der Waals surface area contributed by atoms with E-state index < -0.39 is 15.9 Å². The third-order valence-corrected chi connectivity index (χ3v) is 6.84. The van der Waals surface area contributed by atoms with Gasteiger partial charge in [0.2, 0.25) is 0 Å². The van der Waals surface area contributed by atoms with Gasteiger partial charge in [-0.05, 0) is 60.7 Å². The summed E-state index contributed by atoms with van der Waals surface area (Å²) in [7, 11) is -2.46. The molecule has 31 heavy (non-hydrogen) atoms. The Labute approximate surface area is 187 Å². The maximum absolute atomic E-state index is 12.8. The number of hydrogen-bond donors (Lipinski definition) is 2. The lowest BCUT2D eigenvalue weighted by molar-refractivity contribution is 0.102. The number of rotatable bonds is 6. The number of halogens is 1. The van der Waals surface area contributed by atoms with Gasteiger partial charge in [-0.2, -0.15) is 0 Å². The number of carbonyl (C=O) groups excluding carboxylic acids is 1. The Hall–Kier alpha value is -3.14. The van der Waals surface area contributed by atoms with Crippen LogP contribution >= 0.6 is 22.9 Å². The van der Waals surface area contributed by atoms with E-state index in [1.54, 1.807) is 48.0 Å². The second-order valence-electron chi connectivity index (χ2n) is 6.46. The van der Waals surface area contributed by atoms with E-state index in [-0.39, 0.29) is 10.6 Å². The van der Waals surface area contributed by atoms with Gasteiger partial charge in [0.15, 0.2) is 0 Å². The Balaban J connectivity index is 1.62. The molecule has 0 aliphatic heterocycles. The first kappa shape index (κ1) is 21.1. The number of sulfonamides is 1. The van der Waals surface area contributed by atoms with Crippen LogP contribution in [0.4, 0.5) is 11.4 Å². The van der Waals surface area contributed by atoms with Crippen molar-refractivity contribution in [2.24, 2.45) is 0 Å². The molecule has 0 radical (unpaired) electrons. The smallest absolute Gasteiger partial charge is 0.261 e. The van der Waals surface area contributed by atoms with E-state index >= 15 is 0 Å². The highest BCUT2D eigenvalue weighted by molar-refractivity contribution is 7.92. The number of ether oxygens (including phenoxy) is 1. The summed E-state index contributed by atoms with van der Waals surface area (Å²) in [5.74, 6) is -0.0635. The minimum absolute atomic E-state index is 0.0311. The molecule has 2 N–H and O–H groups in total. The number of benzene rings is 3. The Morgan fingerprint density at radius 1 is 1.06 bits per heavy atom. The summed E-state index contributed by atoms with van der Waals surface area (Å²) in [6, 6.07) is 15.7. The van der Waals surface area contributed by atoms with Crippen molar-refractivity contribution >= 4 is 60.5 Å². The molecule has 4 aromatic rings. The fraction of sp³-hybridized carbons (Fsp3) is 0.0476. The van der Waals surface area contributed by atoms with E-state index in [1.165, 1.54) is 36.6 Å². The molecule has 0 aliphatic carbocycles. The number of carbonyl (C=O) groups is 1. The highest BCUT2D eigenvalue weighted by atomic mass is 35.5. The number of aromatic nitrogens is 1. The normalized spacial score (nSPS) is 11.3. The lowest BCUT2D eigenvalue weighted by Crippen LogP contribution is -2.15. The summed E-state index contributed by atoms with van der Waals surface area (Å²) in [4.78, 5) is 16.9. The molecule has 0 atom stereocenters. The van der Waals surface area contributed by atoms with E-state index in [1.807, 2.05) is 0 Å². The van der Waals surface area contributed by atoms with Gasteiger partial charge in [0.25, 0.3) is 15.9 Å². The quantitative estimate of drug-likeness (QED) is 0.410. The van der Waals surface area contributed by atoms with Gasteiger partial charge in [-0.3, -0.25) is 9.52 Å². The Morgan fingerprint density at radius 3 is 2.58 bits per heavy atom. The van der Waals surface area contributed by atoms with Gasteiger partial charge < -0.3 is 10.1 Å². The van der Waals surface area contributed by atoms with Crippen molar-refractivity contribution in [1.82, 2.24) is 4.98 Å². The summed E-state index contributed by atoms with van der Waals surface area (Å²) >= 11 is 7.27. The lowest BCUT2D eigenvalue weighted by atomic mass is 10.2. The number of fused-ring (bicyclic) bond motifs is 1. The van der Waals surface area contributed by atoms with Crippen LogP contribution in [0.25, 0.3) is 10.2 Å². The van der Waals surface area contributed by atoms with Crippen molar-refractivity contribution in [3.8, 4) is 5.75 Å². The van der Waals surface area contributed by atoms with Crippen molar-refractivity contribution in [2.75, 3.05) is 17.1 Å². The predicted octanol–water partition coefficient (Wildman–Crippen LogP) is 5.01. The molecule has 0 unspecified atom stereocenters. The van der Waals surface area contributed by atoms with Gasteiger partial charge >= 0.3 is 0 Å². The second-order valence-corrected chi connectivity index (χ2v) is 9.47. The monoisotopic (exact) mass is 473 g/mol. The molecule has 1 aromatic heterocycles. The molecule has 1 heterocycles. The molecule has 4 rings (SSSR count). The Bertz CT molecular complexity index is 1370. The van der Waals surface area contributed by atoms with E-state index in [0.717, 1.165) is 10.2 Å². The summed E-state index contributed by atoms with van der Waals surface area (Å²) in [6.07, 6.45) is 0. The maximum Gasteiger partial charge on any atom is 0.261 e. The van der Waals surface area contributed by atoms with Crippen LogP contribution in [0.15, 0.2) is 71.1 Å². The van der Waals surface area contributed by atoms with E-state index in [0.29, 0.717) is 22.0 Å². The molecule has 3 aromatic carbocycles. The largest absolute Gasteiger partial charge is 0.495 e. The topological polar surface area (TPSA) is 97.4 Å². The van der Waals surface area contributed by atoms with Crippen LogP contribution in [0, 0.1) is 0 Å². The van der Waals surface area contributed by atoms with Crippen LogP contribution in [0.5, 0.6) is 5.75 Å². The number of hydrogen-bond acceptors (Lipinski definition) is 6. The number of thiazole rings is 1. The molecule has 10 heteroatoms. The molecule has 0 spiro atoms. The average Bonchev–Trinajstić information content (AvgIpc) is 3.23. The van der Waals surface area contributed by atoms with Crippen molar-refractivity contribution in [1.29, 1.82) is 0 Å². The third-order valence-electron chi connectivity index (χ3n) is 4.42. The molecule has 0 saturated carbocycles. The van der Waals surface area contributed by atoms with Crippen LogP contribution < -0.4 is 14.8 Å². The summed E-state index contributed by atoms with van der Waals surface area (Å²) in [5.41, 5.74) is 3.53. The summed E-state index contributed by atoms with van der Waals surface area (Å²) in [5, 5.41) is 3.22. The molecular weight excluding hydrogens is 458 g/mol. The molecule has 158 valence electrons. The minimum Gasteiger partial charge on any atom is -0.495 e. The first-order valence-electron chi connectivity index (χ1n) is 8.97. The first-order valence-corrected chi connectivity index (χ1v) is 11.7. The SMILES string of the molecule is COc1ccc(S(=O)(=O)Nc2ccc(Cl)cc2)cc1NC(=O)c1ccc2ncsc2c1. The van der Waals surface area contributed by atoms with Gasteiger partial charge in [0.1, 0.15) is 5.75 Å². The molecule has 1 amide bonds. The van der Waals surface area contributed by atoms with Crippen molar-refractivity contribution in [3.63, 3.8) is 0 Å². The fourth-order valence-corrected chi connectivity index (χ4v) is 4.80. The zero-order valence-electron chi connectivity index (χ0n) is 16.1. The van der Waals surface area contributed by atoms with E-state index in [2.05, 4.69) is 15.0 Å². The van der Waals surface area contributed by atoms with Gasteiger partial charge in [-0.15, -0.1) is 11.3 Å². The molecule has 0 fully saturated rings.